The Hall–Kier alpha value is -0.940. The van der Waals surface area contributed by atoms with Crippen LogP contribution in [0.1, 0.15) is 23.5 Å². The Morgan fingerprint density at radius 1 is 1.31 bits per heavy atom. The van der Waals surface area contributed by atoms with Crippen LogP contribution in [-0.4, -0.2) is 9.97 Å². The van der Waals surface area contributed by atoms with E-state index in [1.165, 1.54) is 0 Å². The van der Waals surface area contributed by atoms with Gasteiger partial charge in [-0.15, -0.1) is 11.3 Å². The summed E-state index contributed by atoms with van der Waals surface area (Å²) < 4.78 is 1.05. The number of nitrogens with zero attached hydrogens (tertiary/aromatic N) is 2. The fourth-order valence-corrected chi connectivity index (χ4v) is 2.55. The largest absolute Gasteiger partial charge is 0.361 e. The standard InChI is InChI=1S/C11H12BrN3S/c1-7-3-4-10(13-5-7)15-8(2)11-14-6-9(12)16-11/h3-6,8H,1-2H3,(H,13,15). The summed E-state index contributed by atoms with van der Waals surface area (Å²) in [7, 11) is 0. The van der Waals surface area contributed by atoms with Crippen LogP contribution in [0.15, 0.2) is 28.3 Å². The lowest BCUT2D eigenvalue weighted by atomic mass is 10.3. The molecule has 0 saturated heterocycles. The molecule has 0 aliphatic carbocycles. The van der Waals surface area contributed by atoms with E-state index in [-0.39, 0.29) is 6.04 Å². The molecule has 0 fully saturated rings. The van der Waals surface area contributed by atoms with Crippen LogP contribution in [0.4, 0.5) is 5.82 Å². The van der Waals surface area contributed by atoms with E-state index >= 15 is 0 Å². The summed E-state index contributed by atoms with van der Waals surface area (Å²) in [5.74, 6) is 0.879. The Balaban J connectivity index is 2.07. The van der Waals surface area contributed by atoms with Gasteiger partial charge in [0.1, 0.15) is 10.8 Å². The molecule has 1 N–H and O–H groups in total. The van der Waals surface area contributed by atoms with Gasteiger partial charge >= 0.3 is 0 Å². The first-order valence-corrected chi connectivity index (χ1v) is 6.56. The van der Waals surface area contributed by atoms with Gasteiger partial charge in [-0.2, -0.15) is 0 Å². The van der Waals surface area contributed by atoms with Crippen molar-refractivity contribution in [1.82, 2.24) is 9.97 Å². The summed E-state index contributed by atoms with van der Waals surface area (Å²) in [5, 5.41) is 4.36. The second-order valence-corrected chi connectivity index (χ2v) is 6.03. The number of aromatic nitrogens is 2. The quantitative estimate of drug-likeness (QED) is 0.937. The molecule has 2 heterocycles. The van der Waals surface area contributed by atoms with Gasteiger partial charge in [-0.05, 0) is 41.4 Å². The molecule has 1 atom stereocenters. The summed E-state index contributed by atoms with van der Waals surface area (Å²) in [4.78, 5) is 8.62. The molecule has 0 saturated carbocycles. The van der Waals surface area contributed by atoms with E-state index in [9.17, 15) is 0 Å². The van der Waals surface area contributed by atoms with Gasteiger partial charge in [-0.1, -0.05) is 6.07 Å². The maximum absolute atomic E-state index is 4.31. The van der Waals surface area contributed by atoms with Crippen molar-refractivity contribution in [3.05, 3.63) is 38.9 Å². The van der Waals surface area contributed by atoms with Gasteiger partial charge < -0.3 is 5.32 Å². The number of nitrogens with one attached hydrogen (secondary N) is 1. The zero-order chi connectivity index (χ0) is 11.5. The van der Waals surface area contributed by atoms with E-state index in [4.69, 9.17) is 0 Å². The van der Waals surface area contributed by atoms with E-state index in [1.54, 1.807) is 11.3 Å². The van der Waals surface area contributed by atoms with Gasteiger partial charge in [0.25, 0.3) is 0 Å². The van der Waals surface area contributed by atoms with Gasteiger partial charge in [0.15, 0.2) is 0 Å². The van der Waals surface area contributed by atoms with Gasteiger partial charge in [0.2, 0.25) is 0 Å². The summed E-state index contributed by atoms with van der Waals surface area (Å²) in [5.41, 5.74) is 1.16. The van der Waals surface area contributed by atoms with Crippen LogP contribution in [0.2, 0.25) is 0 Å². The molecular formula is C11H12BrN3S. The zero-order valence-corrected chi connectivity index (χ0v) is 11.5. The molecule has 84 valence electrons. The number of halogens is 1. The maximum Gasteiger partial charge on any atom is 0.126 e. The minimum absolute atomic E-state index is 0.173. The van der Waals surface area contributed by atoms with E-state index in [0.29, 0.717) is 0 Å². The minimum Gasteiger partial charge on any atom is -0.361 e. The number of hydrogen-bond donors (Lipinski definition) is 1. The van der Waals surface area contributed by atoms with Crippen molar-refractivity contribution in [2.45, 2.75) is 19.9 Å². The Labute approximate surface area is 107 Å². The first kappa shape index (κ1) is 11.5. The van der Waals surface area contributed by atoms with E-state index in [2.05, 4.69) is 38.1 Å². The number of aryl methyl sites for hydroxylation is 1. The topological polar surface area (TPSA) is 37.8 Å². The van der Waals surface area contributed by atoms with Crippen molar-refractivity contribution in [3.63, 3.8) is 0 Å². The lowest BCUT2D eigenvalue weighted by Crippen LogP contribution is -2.07. The molecule has 0 spiro atoms. The highest BCUT2D eigenvalue weighted by atomic mass is 79.9. The van der Waals surface area contributed by atoms with Gasteiger partial charge in [-0.25, -0.2) is 9.97 Å². The van der Waals surface area contributed by atoms with Crippen LogP contribution in [0, 0.1) is 6.92 Å². The smallest absolute Gasteiger partial charge is 0.126 e. The van der Waals surface area contributed by atoms with E-state index < -0.39 is 0 Å². The second kappa shape index (κ2) is 4.93. The van der Waals surface area contributed by atoms with Crippen molar-refractivity contribution < 1.29 is 0 Å². The summed E-state index contributed by atoms with van der Waals surface area (Å²) in [6, 6.07) is 4.19. The van der Waals surface area contributed by atoms with E-state index in [0.717, 1.165) is 20.2 Å². The van der Waals surface area contributed by atoms with Gasteiger partial charge in [0.05, 0.1) is 16.0 Å². The molecule has 16 heavy (non-hydrogen) atoms. The molecule has 0 bridgehead atoms. The second-order valence-electron chi connectivity index (χ2n) is 3.59. The number of pyridine rings is 1. The monoisotopic (exact) mass is 297 g/mol. The Morgan fingerprint density at radius 3 is 2.69 bits per heavy atom. The highest BCUT2D eigenvalue weighted by Crippen LogP contribution is 2.26. The normalized spacial score (nSPS) is 12.4. The predicted octanol–water partition coefficient (Wildman–Crippen LogP) is 3.78. The molecule has 3 nitrogen and oxygen atoms in total. The van der Waals surface area contributed by atoms with Crippen LogP contribution < -0.4 is 5.32 Å². The number of thiazole rings is 1. The van der Waals surface area contributed by atoms with Crippen molar-refractivity contribution in [1.29, 1.82) is 0 Å². The lowest BCUT2D eigenvalue weighted by Gasteiger charge is -2.11. The van der Waals surface area contributed by atoms with Crippen molar-refractivity contribution in [3.8, 4) is 0 Å². The van der Waals surface area contributed by atoms with Crippen LogP contribution in [0.25, 0.3) is 0 Å². The lowest BCUT2D eigenvalue weighted by molar-refractivity contribution is 0.860. The highest BCUT2D eigenvalue weighted by Gasteiger charge is 2.09. The van der Waals surface area contributed by atoms with Crippen LogP contribution >= 0.6 is 27.3 Å². The molecule has 0 amide bonds. The third-order valence-electron chi connectivity index (χ3n) is 2.14. The molecular weight excluding hydrogens is 286 g/mol. The Kier molecular flexibility index (Phi) is 3.56. The fraction of sp³-hybridized carbons (Fsp3) is 0.273. The van der Waals surface area contributed by atoms with Crippen molar-refractivity contribution >= 4 is 33.1 Å². The van der Waals surface area contributed by atoms with Crippen LogP contribution in [0.3, 0.4) is 0 Å². The number of rotatable bonds is 3. The van der Waals surface area contributed by atoms with Gasteiger partial charge in [0, 0.05) is 6.20 Å². The number of anilines is 1. The average Bonchev–Trinajstić information content (AvgIpc) is 2.68. The first-order chi connectivity index (χ1) is 7.65. The molecule has 1 unspecified atom stereocenters. The van der Waals surface area contributed by atoms with Gasteiger partial charge in [-0.3, -0.25) is 0 Å². The molecule has 0 radical (unpaired) electrons. The fourth-order valence-electron chi connectivity index (χ4n) is 1.30. The molecule has 0 aromatic carbocycles. The van der Waals surface area contributed by atoms with Crippen LogP contribution in [0.5, 0.6) is 0 Å². The molecule has 0 aliphatic heterocycles. The summed E-state index contributed by atoms with van der Waals surface area (Å²) >= 11 is 5.04. The molecule has 2 aromatic heterocycles. The average molecular weight is 298 g/mol. The summed E-state index contributed by atoms with van der Waals surface area (Å²) in [6.45, 7) is 4.10. The van der Waals surface area contributed by atoms with Crippen LogP contribution in [-0.2, 0) is 0 Å². The van der Waals surface area contributed by atoms with E-state index in [1.807, 2.05) is 31.5 Å². The third kappa shape index (κ3) is 2.80. The predicted molar refractivity (Wildman–Crippen MR) is 70.8 cm³/mol. The molecule has 2 aromatic rings. The highest BCUT2D eigenvalue weighted by molar-refractivity contribution is 9.11. The van der Waals surface area contributed by atoms with Crippen molar-refractivity contribution in [2.75, 3.05) is 5.32 Å². The third-order valence-corrected chi connectivity index (χ3v) is 3.80. The van der Waals surface area contributed by atoms with Crippen molar-refractivity contribution in [2.24, 2.45) is 0 Å². The Morgan fingerprint density at radius 2 is 2.12 bits per heavy atom. The zero-order valence-electron chi connectivity index (χ0n) is 9.07. The molecule has 5 heteroatoms. The SMILES string of the molecule is Cc1ccc(NC(C)c2ncc(Br)s2)nc1. The molecule has 0 aliphatic rings. The first-order valence-electron chi connectivity index (χ1n) is 4.95. The minimum atomic E-state index is 0.173. The Bertz CT molecular complexity index is 466. The maximum atomic E-state index is 4.31. The number of hydrogen-bond acceptors (Lipinski definition) is 4. The summed E-state index contributed by atoms with van der Waals surface area (Å²) in [6.07, 6.45) is 3.67. The molecule has 2 rings (SSSR count).